The van der Waals surface area contributed by atoms with E-state index in [1.807, 2.05) is 0 Å². The summed E-state index contributed by atoms with van der Waals surface area (Å²) in [5, 5.41) is 10.9. The minimum absolute atomic E-state index is 0.126. The van der Waals surface area contributed by atoms with Crippen LogP contribution in [-0.4, -0.2) is 55.1 Å². The van der Waals surface area contributed by atoms with E-state index < -0.39 is 6.10 Å². The first-order valence-electron chi connectivity index (χ1n) is 14.3. The number of hydrogen-bond donors (Lipinski definition) is 1. The SMILES string of the molecule is CC(C)(C)CC(C)(C)c1ccc(OCCOC[C@@H](O)C[N@@+](C)(Cc2ccccc2)C2CCCCC2)cc1. The fourth-order valence-electron chi connectivity index (χ4n) is 6.45. The van der Waals surface area contributed by atoms with Crippen LogP contribution in [0.4, 0.5) is 0 Å². The summed E-state index contributed by atoms with van der Waals surface area (Å²) in [4.78, 5) is 0. The van der Waals surface area contributed by atoms with E-state index in [-0.39, 0.29) is 10.8 Å². The summed E-state index contributed by atoms with van der Waals surface area (Å²) in [5.41, 5.74) is 3.09. The van der Waals surface area contributed by atoms with Gasteiger partial charge in [0.05, 0.1) is 26.3 Å². The van der Waals surface area contributed by atoms with Crippen LogP contribution in [0.3, 0.4) is 0 Å². The van der Waals surface area contributed by atoms with Gasteiger partial charge in [-0.2, -0.15) is 0 Å². The van der Waals surface area contributed by atoms with Gasteiger partial charge in [0.1, 0.15) is 31.5 Å². The van der Waals surface area contributed by atoms with Gasteiger partial charge in [-0.15, -0.1) is 0 Å². The molecule has 0 spiro atoms. The van der Waals surface area contributed by atoms with E-state index in [9.17, 15) is 5.11 Å². The van der Waals surface area contributed by atoms with E-state index in [0.29, 0.717) is 32.4 Å². The van der Waals surface area contributed by atoms with E-state index in [4.69, 9.17) is 9.47 Å². The van der Waals surface area contributed by atoms with E-state index in [0.717, 1.165) is 23.2 Å². The molecule has 3 rings (SSSR count). The molecular weight excluding hydrogens is 458 g/mol. The van der Waals surface area contributed by atoms with Crippen molar-refractivity contribution in [1.29, 1.82) is 0 Å². The highest BCUT2D eigenvalue weighted by molar-refractivity contribution is 5.31. The number of benzene rings is 2. The quantitative estimate of drug-likeness (QED) is 0.230. The maximum atomic E-state index is 10.9. The van der Waals surface area contributed by atoms with Crippen molar-refractivity contribution in [1.82, 2.24) is 0 Å². The van der Waals surface area contributed by atoms with Crippen LogP contribution >= 0.6 is 0 Å². The minimum atomic E-state index is -0.486. The molecule has 1 fully saturated rings. The van der Waals surface area contributed by atoms with Gasteiger partial charge in [-0.05, 0) is 60.6 Å². The first-order valence-corrected chi connectivity index (χ1v) is 14.3. The number of quaternary nitrogens is 1. The van der Waals surface area contributed by atoms with Crippen molar-refractivity contribution in [2.24, 2.45) is 5.41 Å². The average molecular weight is 511 g/mol. The van der Waals surface area contributed by atoms with Crippen molar-refractivity contribution in [3.63, 3.8) is 0 Å². The minimum Gasteiger partial charge on any atom is -0.491 e. The van der Waals surface area contributed by atoms with Crippen molar-refractivity contribution in [3.8, 4) is 5.75 Å². The second kappa shape index (κ2) is 13.3. The van der Waals surface area contributed by atoms with Crippen LogP contribution in [0.1, 0.15) is 84.3 Å². The van der Waals surface area contributed by atoms with Crippen LogP contribution in [0, 0.1) is 5.41 Å². The predicted octanol–water partition coefficient (Wildman–Crippen LogP) is 7.14. The van der Waals surface area contributed by atoms with Gasteiger partial charge >= 0.3 is 0 Å². The Morgan fingerprint density at radius 1 is 0.892 bits per heavy atom. The molecule has 1 aliphatic rings. The summed E-state index contributed by atoms with van der Waals surface area (Å²) >= 11 is 0. The molecule has 0 aliphatic heterocycles. The summed E-state index contributed by atoms with van der Waals surface area (Å²) in [7, 11) is 2.32. The third-order valence-electron chi connectivity index (χ3n) is 7.89. The fraction of sp³-hybridized carbons (Fsp3) is 0.636. The second-order valence-electron chi connectivity index (χ2n) is 13.3. The summed E-state index contributed by atoms with van der Waals surface area (Å²) < 4.78 is 12.6. The molecule has 4 nitrogen and oxygen atoms in total. The third-order valence-corrected chi connectivity index (χ3v) is 7.89. The smallest absolute Gasteiger partial charge is 0.126 e. The van der Waals surface area contributed by atoms with Crippen LogP contribution in [-0.2, 0) is 16.7 Å². The number of aliphatic hydroxyl groups is 1. The standard InChI is InChI=1S/C33H52NO3/c1-32(2,3)26-33(4,5)28-17-19-31(20-18-28)37-22-21-36-25-30(35)24-34(6,29-15-11-8-12-16-29)23-27-13-9-7-10-14-27/h7,9-10,13-14,17-20,29-30,35H,8,11-12,15-16,21-26H2,1-6H3/q+1/t30-,34+/m0/s1. The van der Waals surface area contributed by atoms with Crippen molar-refractivity contribution in [2.75, 3.05) is 33.4 Å². The molecule has 1 N–H and O–H groups in total. The number of nitrogens with zero attached hydrogens (tertiary/aromatic N) is 1. The molecule has 2 atom stereocenters. The molecule has 0 radical (unpaired) electrons. The number of aliphatic hydroxyl groups excluding tert-OH is 1. The number of likely N-dealkylation sites (N-methyl/N-ethyl adjacent to an activating group) is 1. The Balaban J connectivity index is 1.44. The maximum absolute atomic E-state index is 10.9. The summed E-state index contributed by atoms with van der Waals surface area (Å²) in [6.07, 6.45) is 7.07. The molecule has 0 saturated heterocycles. The fourth-order valence-corrected chi connectivity index (χ4v) is 6.45. The lowest BCUT2D eigenvalue weighted by Crippen LogP contribution is -2.56. The van der Waals surface area contributed by atoms with Gasteiger partial charge in [0, 0.05) is 5.56 Å². The Morgan fingerprint density at radius 3 is 2.16 bits per heavy atom. The summed E-state index contributed by atoms with van der Waals surface area (Å²) in [5.74, 6) is 0.865. The largest absolute Gasteiger partial charge is 0.491 e. The van der Waals surface area contributed by atoms with Crippen molar-refractivity contribution in [3.05, 3.63) is 65.7 Å². The number of ether oxygens (including phenoxy) is 2. The van der Waals surface area contributed by atoms with Crippen molar-refractivity contribution >= 4 is 0 Å². The van der Waals surface area contributed by atoms with E-state index in [1.165, 1.54) is 43.2 Å². The molecule has 0 amide bonds. The molecule has 0 unspecified atom stereocenters. The normalized spacial score (nSPS) is 17.8. The maximum Gasteiger partial charge on any atom is 0.126 e. The molecule has 2 aromatic rings. The van der Waals surface area contributed by atoms with Crippen molar-refractivity contribution < 1.29 is 19.1 Å². The zero-order valence-electron chi connectivity index (χ0n) is 24.3. The van der Waals surface area contributed by atoms with Gasteiger partial charge in [0.15, 0.2) is 0 Å². The number of hydrogen-bond acceptors (Lipinski definition) is 3. The summed E-state index contributed by atoms with van der Waals surface area (Å²) in [6, 6.07) is 19.8. The van der Waals surface area contributed by atoms with Crippen LogP contribution < -0.4 is 4.74 Å². The van der Waals surface area contributed by atoms with Gasteiger partial charge in [0.2, 0.25) is 0 Å². The second-order valence-corrected chi connectivity index (χ2v) is 13.3. The highest BCUT2D eigenvalue weighted by Crippen LogP contribution is 2.36. The van der Waals surface area contributed by atoms with Crippen molar-refractivity contribution in [2.45, 2.75) is 97.2 Å². The van der Waals surface area contributed by atoms with Crippen LogP contribution in [0.2, 0.25) is 0 Å². The molecule has 0 bridgehead atoms. The lowest BCUT2D eigenvalue weighted by atomic mass is 9.72. The Kier molecular flexibility index (Phi) is 10.6. The molecule has 2 aromatic carbocycles. The molecule has 37 heavy (non-hydrogen) atoms. The highest BCUT2D eigenvalue weighted by Gasteiger charge is 2.36. The highest BCUT2D eigenvalue weighted by atomic mass is 16.5. The molecule has 1 aliphatic carbocycles. The lowest BCUT2D eigenvalue weighted by Gasteiger charge is -2.44. The zero-order chi connectivity index (χ0) is 26.9. The molecule has 206 valence electrons. The van der Waals surface area contributed by atoms with Crippen LogP contribution in [0.5, 0.6) is 5.75 Å². The first-order chi connectivity index (χ1) is 17.5. The Labute approximate surface area is 226 Å². The molecule has 0 heterocycles. The molecule has 0 aromatic heterocycles. The van der Waals surface area contributed by atoms with Gasteiger partial charge in [0.25, 0.3) is 0 Å². The number of rotatable bonds is 13. The van der Waals surface area contributed by atoms with Crippen LogP contribution in [0.15, 0.2) is 54.6 Å². The van der Waals surface area contributed by atoms with Gasteiger partial charge in [-0.25, -0.2) is 0 Å². The Hall–Kier alpha value is -1.88. The Morgan fingerprint density at radius 2 is 1.54 bits per heavy atom. The predicted molar refractivity (Wildman–Crippen MR) is 154 cm³/mol. The van der Waals surface area contributed by atoms with E-state index >= 15 is 0 Å². The van der Waals surface area contributed by atoms with Gasteiger partial charge in [-0.3, -0.25) is 0 Å². The lowest BCUT2D eigenvalue weighted by molar-refractivity contribution is -0.950. The van der Waals surface area contributed by atoms with Crippen LogP contribution in [0.25, 0.3) is 0 Å². The Bertz CT molecular complexity index is 913. The molecule has 1 saturated carbocycles. The topological polar surface area (TPSA) is 38.7 Å². The van der Waals surface area contributed by atoms with E-state index in [1.54, 1.807) is 0 Å². The van der Waals surface area contributed by atoms with E-state index in [2.05, 4.69) is 96.3 Å². The molecular formula is C33H52NO3+. The van der Waals surface area contributed by atoms with Gasteiger partial charge < -0.3 is 19.1 Å². The third kappa shape index (κ3) is 9.74. The van der Waals surface area contributed by atoms with Gasteiger partial charge in [-0.1, -0.05) is 83.5 Å². The monoisotopic (exact) mass is 510 g/mol. The average Bonchev–Trinajstić information content (AvgIpc) is 2.84. The molecule has 4 heteroatoms. The summed E-state index contributed by atoms with van der Waals surface area (Å²) in [6.45, 7) is 14.5. The first kappa shape index (κ1) is 29.7. The zero-order valence-corrected chi connectivity index (χ0v) is 24.3.